The Morgan fingerprint density at radius 1 is 0.750 bits per heavy atom. The average Bonchev–Trinajstić information content (AvgIpc) is 2.38. The molecule has 0 aliphatic heterocycles. The molecule has 0 aliphatic rings. The summed E-state index contributed by atoms with van der Waals surface area (Å²) in [6, 6.07) is 21.4. The monoisotopic (exact) mass is 226 g/mol. The van der Waals surface area contributed by atoms with Crippen molar-refractivity contribution in [2.24, 2.45) is 0 Å². The van der Waals surface area contributed by atoms with Gasteiger partial charge in [-0.05, 0) is 25.5 Å². The van der Waals surface area contributed by atoms with Crippen LogP contribution in [0.15, 0.2) is 72.6 Å². The van der Waals surface area contributed by atoms with Crippen LogP contribution < -0.4 is 10.6 Å². The summed E-state index contributed by atoms with van der Waals surface area (Å²) >= 11 is 0. The van der Waals surface area contributed by atoms with Gasteiger partial charge in [-0.15, -0.1) is 0 Å². The van der Waals surface area contributed by atoms with Gasteiger partial charge in [0.05, 0.1) is 0 Å². The number of hydrogen-bond acceptors (Lipinski definition) is 0. The van der Waals surface area contributed by atoms with E-state index in [9.17, 15) is 0 Å². The van der Waals surface area contributed by atoms with Gasteiger partial charge in [-0.3, -0.25) is 0 Å². The van der Waals surface area contributed by atoms with E-state index in [1.165, 1.54) is 10.6 Å². The lowest BCUT2D eigenvalue weighted by molar-refractivity contribution is 1.74. The lowest BCUT2D eigenvalue weighted by Gasteiger charge is -2.13. The van der Waals surface area contributed by atoms with Gasteiger partial charge in [0.1, 0.15) is 0 Å². The van der Waals surface area contributed by atoms with Crippen LogP contribution in [0.3, 0.4) is 0 Å². The molecule has 0 bridgehead atoms. The Balaban J connectivity index is 2.39. The molecule has 0 nitrogen and oxygen atoms in total. The Hall–Kier alpha value is -1.39. The minimum Gasteiger partial charge on any atom is -0.0866 e. The fraction of sp³-hybridized carbons (Fsp3) is 0.0667. The van der Waals surface area contributed by atoms with E-state index < -0.39 is 0 Å². The van der Waals surface area contributed by atoms with Gasteiger partial charge in [0.15, 0.2) is 0 Å². The predicted octanol–water partition coefficient (Wildman–Crippen LogP) is 3.65. The maximum atomic E-state index is 2.31. The molecule has 1 heteroatoms. The molecule has 0 saturated carbocycles. The highest BCUT2D eigenvalue weighted by Crippen LogP contribution is 2.34. The lowest BCUT2D eigenvalue weighted by Crippen LogP contribution is -2.09. The van der Waals surface area contributed by atoms with Crippen molar-refractivity contribution in [2.75, 3.05) is 0 Å². The van der Waals surface area contributed by atoms with Gasteiger partial charge in [0.25, 0.3) is 0 Å². The van der Waals surface area contributed by atoms with E-state index >= 15 is 0 Å². The Labute approximate surface area is 98.4 Å². The van der Waals surface area contributed by atoms with Gasteiger partial charge >= 0.3 is 0 Å². The van der Waals surface area contributed by atoms with Gasteiger partial charge in [-0.25, -0.2) is 0 Å². The number of hydrogen-bond donors (Lipinski definition) is 0. The Morgan fingerprint density at radius 3 is 1.56 bits per heavy atom. The summed E-state index contributed by atoms with van der Waals surface area (Å²) in [5.41, 5.74) is 0. The van der Waals surface area contributed by atoms with Crippen molar-refractivity contribution in [3.05, 3.63) is 72.6 Å². The van der Waals surface area contributed by atoms with Crippen molar-refractivity contribution < 1.29 is 0 Å². The SMILES string of the molecule is CC=CP(c1ccccc1)c1ccccc1. The van der Waals surface area contributed by atoms with Crippen LogP contribution >= 0.6 is 7.92 Å². The summed E-state index contributed by atoms with van der Waals surface area (Å²) in [5.74, 6) is 2.31. The number of rotatable bonds is 3. The fourth-order valence-corrected chi connectivity index (χ4v) is 3.57. The molecule has 0 atom stereocenters. The largest absolute Gasteiger partial charge is 0.0866 e. The van der Waals surface area contributed by atoms with E-state index in [0.717, 1.165) is 0 Å². The molecule has 2 aromatic carbocycles. The minimum absolute atomic E-state index is 0.332. The third-order valence-corrected chi connectivity index (χ3v) is 4.67. The quantitative estimate of drug-likeness (QED) is 0.701. The summed E-state index contributed by atoms with van der Waals surface area (Å²) in [5, 5.41) is 2.81. The Kier molecular flexibility index (Phi) is 3.91. The molecule has 0 N–H and O–H groups in total. The third kappa shape index (κ3) is 2.59. The molecule has 0 spiro atoms. The second-order valence-corrected chi connectivity index (χ2v) is 5.59. The first-order valence-corrected chi connectivity index (χ1v) is 6.85. The van der Waals surface area contributed by atoms with Gasteiger partial charge in [0, 0.05) is 0 Å². The first kappa shape index (κ1) is 11.1. The van der Waals surface area contributed by atoms with E-state index in [-0.39, 0.29) is 7.92 Å². The van der Waals surface area contributed by atoms with Crippen LogP contribution in [0.25, 0.3) is 0 Å². The summed E-state index contributed by atoms with van der Waals surface area (Å²) in [6.45, 7) is 2.08. The van der Waals surface area contributed by atoms with Crippen LogP contribution in [0.5, 0.6) is 0 Å². The molecule has 2 aromatic rings. The lowest BCUT2D eigenvalue weighted by atomic mass is 10.4. The molecule has 80 valence electrons. The second kappa shape index (κ2) is 5.63. The maximum Gasteiger partial charge on any atom is -0.0157 e. The fourth-order valence-electron chi connectivity index (χ4n) is 1.65. The Morgan fingerprint density at radius 2 is 1.19 bits per heavy atom. The van der Waals surface area contributed by atoms with Crippen LogP contribution in [0.4, 0.5) is 0 Å². The van der Waals surface area contributed by atoms with E-state index in [4.69, 9.17) is 0 Å². The summed E-state index contributed by atoms with van der Waals surface area (Å²) in [4.78, 5) is 0. The first-order valence-electron chi connectivity index (χ1n) is 5.44. The standard InChI is InChI=1S/C15H15P/c1-2-13-16(14-9-5-3-6-10-14)15-11-7-4-8-12-15/h2-13H,1H3. The normalized spacial score (nSPS) is 11.1. The van der Waals surface area contributed by atoms with Gasteiger partial charge in [-0.2, -0.15) is 0 Å². The van der Waals surface area contributed by atoms with Crippen LogP contribution in [0.2, 0.25) is 0 Å². The van der Waals surface area contributed by atoms with E-state index in [2.05, 4.69) is 79.5 Å². The molecule has 0 heterocycles. The summed E-state index contributed by atoms with van der Waals surface area (Å²) in [6.07, 6.45) is 2.14. The predicted molar refractivity (Wildman–Crippen MR) is 73.9 cm³/mol. The Bertz CT molecular complexity index is 406. The van der Waals surface area contributed by atoms with Crippen LogP contribution in [-0.2, 0) is 0 Å². The van der Waals surface area contributed by atoms with Gasteiger partial charge < -0.3 is 0 Å². The second-order valence-electron chi connectivity index (χ2n) is 3.52. The molecule has 0 amide bonds. The zero-order valence-electron chi connectivity index (χ0n) is 9.38. The van der Waals surface area contributed by atoms with E-state index in [0.29, 0.717) is 0 Å². The van der Waals surface area contributed by atoms with E-state index in [1.807, 2.05) is 0 Å². The van der Waals surface area contributed by atoms with Crippen molar-refractivity contribution in [2.45, 2.75) is 6.92 Å². The van der Waals surface area contributed by atoms with Crippen molar-refractivity contribution in [3.63, 3.8) is 0 Å². The van der Waals surface area contributed by atoms with Crippen molar-refractivity contribution >= 4 is 18.5 Å². The molecule has 0 aromatic heterocycles. The molecule has 0 unspecified atom stereocenters. The highest BCUT2D eigenvalue weighted by atomic mass is 31.1. The number of benzene rings is 2. The smallest absolute Gasteiger partial charge is 0.0157 e. The molecule has 2 rings (SSSR count). The van der Waals surface area contributed by atoms with Crippen molar-refractivity contribution in [1.29, 1.82) is 0 Å². The van der Waals surface area contributed by atoms with Crippen LogP contribution in [0, 0.1) is 0 Å². The molecule has 0 fully saturated rings. The molecule has 0 aliphatic carbocycles. The highest BCUT2D eigenvalue weighted by molar-refractivity contribution is 7.75. The topological polar surface area (TPSA) is 0 Å². The summed E-state index contributed by atoms with van der Waals surface area (Å²) in [7, 11) is -0.332. The highest BCUT2D eigenvalue weighted by Gasteiger charge is 2.08. The maximum absolute atomic E-state index is 2.31. The van der Waals surface area contributed by atoms with Crippen molar-refractivity contribution in [1.82, 2.24) is 0 Å². The zero-order chi connectivity index (χ0) is 11.2. The zero-order valence-corrected chi connectivity index (χ0v) is 10.3. The summed E-state index contributed by atoms with van der Waals surface area (Å²) < 4.78 is 0. The van der Waals surface area contributed by atoms with Crippen LogP contribution in [-0.4, -0.2) is 0 Å². The molecular weight excluding hydrogens is 211 g/mol. The van der Waals surface area contributed by atoms with Gasteiger partial charge in [-0.1, -0.05) is 72.6 Å². The third-order valence-electron chi connectivity index (χ3n) is 2.37. The molecule has 16 heavy (non-hydrogen) atoms. The molecular formula is C15H15P. The minimum atomic E-state index is -0.332. The molecule has 0 radical (unpaired) electrons. The average molecular weight is 226 g/mol. The number of allylic oxidation sites excluding steroid dienone is 1. The van der Waals surface area contributed by atoms with Crippen LogP contribution in [0.1, 0.15) is 6.92 Å². The van der Waals surface area contributed by atoms with E-state index in [1.54, 1.807) is 0 Å². The molecule has 0 saturated heterocycles. The van der Waals surface area contributed by atoms with Gasteiger partial charge in [0.2, 0.25) is 0 Å². The first-order chi connectivity index (χ1) is 7.92. The van der Waals surface area contributed by atoms with Crippen molar-refractivity contribution in [3.8, 4) is 0 Å².